The zero-order valence-electron chi connectivity index (χ0n) is 20.8. The summed E-state index contributed by atoms with van der Waals surface area (Å²) >= 11 is 0. The first-order valence-electron chi connectivity index (χ1n) is 12.6. The summed E-state index contributed by atoms with van der Waals surface area (Å²) in [5, 5.41) is 2.74. The van der Waals surface area contributed by atoms with Gasteiger partial charge in [-0.05, 0) is 69.1 Å². The summed E-state index contributed by atoms with van der Waals surface area (Å²) in [5.41, 5.74) is 12.2. The molecule has 2 aliphatic rings. The van der Waals surface area contributed by atoms with E-state index in [1.807, 2.05) is 0 Å². The van der Waals surface area contributed by atoms with E-state index < -0.39 is 0 Å². The Bertz CT molecular complexity index is 1590. The second-order valence-electron chi connectivity index (χ2n) is 11.0. The molecular formula is C34H29N. The third-order valence-electron chi connectivity index (χ3n) is 8.42. The Morgan fingerprint density at radius 1 is 0.486 bits per heavy atom. The standard InChI is InChI=1S/C34H29N/c1-33(2)25-18-11-17-24-29(35(22-13-7-5-8-14-22)23-15-9-6-10-16-23)21-28-32(30(24)25)31-26(33)19-12-20-27(31)34(28,3)4/h5-21H,1-4H3. The van der Waals surface area contributed by atoms with Crippen LogP contribution in [0.4, 0.5) is 17.1 Å². The average molecular weight is 452 g/mol. The van der Waals surface area contributed by atoms with Crippen LogP contribution in [0, 0.1) is 0 Å². The van der Waals surface area contributed by atoms with Crippen LogP contribution in [0.2, 0.25) is 0 Å². The summed E-state index contributed by atoms with van der Waals surface area (Å²) in [6.45, 7) is 9.58. The van der Waals surface area contributed by atoms with Crippen molar-refractivity contribution in [2.24, 2.45) is 0 Å². The molecule has 5 aromatic rings. The lowest BCUT2D eigenvalue weighted by Gasteiger charge is -2.36. The Morgan fingerprint density at radius 3 is 1.60 bits per heavy atom. The van der Waals surface area contributed by atoms with Gasteiger partial charge in [-0.15, -0.1) is 0 Å². The number of para-hydroxylation sites is 2. The fraction of sp³-hybridized carbons (Fsp3) is 0.176. The molecule has 0 radical (unpaired) electrons. The second-order valence-corrected chi connectivity index (χ2v) is 11.0. The minimum Gasteiger partial charge on any atom is -0.310 e. The van der Waals surface area contributed by atoms with Gasteiger partial charge in [-0.2, -0.15) is 0 Å². The van der Waals surface area contributed by atoms with Crippen LogP contribution >= 0.6 is 0 Å². The quantitative estimate of drug-likeness (QED) is 0.264. The average Bonchev–Trinajstić information content (AvgIpc) is 3.11. The van der Waals surface area contributed by atoms with Gasteiger partial charge >= 0.3 is 0 Å². The van der Waals surface area contributed by atoms with Crippen molar-refractivity contribution in [2.75, 3.05) is 4.90 Å². The number of anilines is 3. The summed E-state index contributed by atoms with van der Waals surface area (Å²) in [6, 6.07) is 37.9. The minimum atomic E-state index is -0.0593. The Labute approximate surface area is 207 Å². The summed E-state index contributed by atoms with van der Waals surface area (Å²) < 4.78 is 0. The molecule has 0 N–H and O–H groups in total. The van der Waals surface area contributed by atoms with Gasteiger partial charge in [0.15, 0.2) is 0 Å². The van der Waals surface area contributed by atoms with E-state index in [4.69, 9.17) is 0 Å². The molecule has 0 saturated carbocycles. The fourth-order valence-corrected chi connectivity index (χ4v) is 6.65. The van der Waals surface area contributed by atoms with Crippen molar-refractivity contribution >= 4 is 27.8 Å². The molecule has 35 heavy (non-hydrogen) atoms. The SMILES string of the molecule is CC1(C)c2cccc3c2-c2c1cc(N(c1ccccc1)c1ccccc1)c1cccc(c21)C3(C)C. The number of hydrogen-bond acceptors (Lipinski definition) is 1. The lowest BCUT2D eigenvalue weighted by molar-refractivity contribution is 0.639. The van der Waals surface area contributed by atoms with Crippen molar-refractivity contribution in [1.82, 2.24) is 0 Å². The Balaban J connectivity index is 1.66. The van der Waals surface area contributed by atoms with E-state index >= 15 is 0 Å². The molecule has 7 rings (SSSR count). The second kappa shape index (κ2) is 6.86. The van der Waals surface area contributed by atoms with Gasteiger partial charge in [0.1, 0.15) is 0 Å². The highest BCUT2D eigenvalue weighted by atomic mass is 15.1. The smallest absolute Gasteiger partial charge is 0.0543 e. The first-order chi connectivity index (χ1) is 16.9. The highest BCUT2D eigenvalue weighted by Crippen LogP contribution is 2.61. The van der Waals surface area contributed by atoms with E-state index in [1.54, 1.807) is 0 Å². The molecule has 1 heteroatoms. The lowest BCUT2D eigenvalue weighted by Crippen LogP contribution is -2.24. The van der Waals surface area contributed by atoms with Crippen LogP contribution in [0.5, 0.6) is 0 Å². The van der Waals surface area contributed by atoms with Gasteiger partial charge in [0.2, 0.25) is 0 Å². The molecule has 0 unspecified atom stereocenters. The van der Waals surface area contributed by atoms with E-state index in [-0.39, 0.29) is 10.8 Å². The maximum Gasteiger partial charge on any atom is 0.0543 e. The van der Waals surface area contributed by atoms with Gasteiger partial charge in [0.25, 0.3) is 0 Å². The lowest BCUT2D eigenvalue weighted by atomic mass is 9.68. The molecule has 0 heterocycles. The third kappa shape index (κ3) is 2.59. The van der Waals surface area contributed by atoms with Gasteiger partial charge in [-0.3, -0.25) is 0 Å². The highest BCUT2D eigenvalue weighted by molar-refractivity contribution is 6.14. The molecule has 5 aromatic carbocycles. The molecule has 1 nitrogen and oxygen atoms in total. The Morgan fingerprint density at radius 2 is 1.00 bits per heavy atom. The van der Waals surface area contributed by atoms with Gasteiger partial charge in [0, 0.05) is 27.6 Å². The zero-order chi connectivity index (χ0) is 23.9. The first kappa shape index (κ1) is 20.5. The Kier molecular flexibility index (Phi) is 4.02. The van der Waals surface area contributed by atoms with Gasteiger partial charge in [0.05, 0.1) is 5.69 Å². The van der Waals surface area contributed by atoms with Crippen molar-refractivity contribution < 1.29 is 0 Å². The van der Waals surface area contributed by atoms with Gasteiger partial charge in [-0.1, -0.05) is 100 Å². The largest absolute Gasteiger partial charge is 0.310 e. The fourth-order valence-electron chi connectivity index (χ4n) is 6.65. The molecule has 0 aliphatic heterocycles. The molecule has 0 aromatic heterocycles. The number of nitrogens with zero attached hydrogens (tertiary/aromatic N) is 1. The van der Waals surface area contributed by atoms with Crippen LogP contribution in [0.15, 0.2) is 103 Å². The van der Waals surface area contributed by atoms with E-state index in [9.17, 15) is 0 Å². The first-order valence-corrected chi connectivity index (χ1v) is 12.6. The Hall–Kier alpha value is -3.84. The van der Waals surface area contributed by atoms with Crippen molar-refractivity contribution in [3.63, 3.8) is 0 Å². The minimum absolute atomic E-state index is 0.0571. The highest BCUT2D eigenvalue weighted by Gasteiger charge is 2.45. The van der Waals surface area contributed by atoms with Crippen LogP contribution < -0.4 is 4.90 Å². The predicted molar refractivity (Wildman–Crippen MR) is 148 cm³/mol. The summed E-state index contributed by atoms with van der Waals surface area (Å²) in [7, 11) is 0. The maximum atomic E-state index is 2.48. The van der Waals surface area contributed by atoms with Crippen LogP contribution in [-0.4, -0.2) is 0 Å². The van der Waals surface area contributed by atoms with E-state index in [0.29, 0.717) is 0 Å². The van der Waals surface area contributed by atoms with E-state index in [0.717, 1.165) is 0 Å². The monoisotopic (exact) mass is 451 g/mol. The molecule has 0 fully saturated rings. The predicted octanol–water partition coefficient (Wildman–Crippen LogP) is 9.26. The third-order valence-corrected chi connectivity index (χ3v) is 8.42. The molecule has 0 bridgehead atoms. The van der Waals surface area contributed by atoms with Crippen LogP contribution in [0.1, 0.15) is 49.9 Å². The molecule has 170 valence electrons. The van der Waals surface area contributed by atoms with Crippen molar-refractivity contribution in [3.8, 4) is 11.1 Å². The summed E-state index contributed by atoms with van der Waals surface area (Å²) in [6.07, 6.45) is 0. The van der Waals surface area contributed by atoms with Crippen LogP contribution in [0.3, 0.4) is 0 Å². The molecular weight excluding hydrogens is 422 g/mol. The maximum absolute atomic E-state index is 2.48. The topological polar surface area (TPSA) is 3.24 Å². The zero-order valence-corrected chi connectivity index (χ0v) is 20.8. The molecule has 0 amide bonds. The number of benzene rings is 5. The molecule has 0 spiro atoms. The van der Waals surface area contributed by atoms with Gasteiger partial charge in [-0.25, -0.2) is 0 Å². The molecule has 0 saturated heterocycles. The van der Waals surface area contributed by atoms with E-state index in [2.05, 4.69) is 136 Å². The van der Waals surface area contributed by atoms with Gasteiger partial charge < -0.3 is 4.90 Å². The van der Waals surface area contributed by atoms with Crippen molar-refractivity contribution in [3.05, 3.63) is 125 Å². The summed E-state index contributed by atoms with van der Waals surface area (Å²) in [4.78, 5) is 2.43. The summed E-state index contributed by atoms with van der Waals surface area (Å²) in [5.74, 6) is 0. The normalized spacial score (nSPS) is 15.9. The van der Waals surface area contributed by atoms with Crippen LogP contribution in [0.25, 0.3) is 21.9 Å². The number of rotatable bonds is 3. The number of hydrogen-bond donors (Lipinski definition) is 0. The van der Waals surface area contributed by atoms with E-state index in [1.165, 1.54) is 61.2 Å². The van der Waals surface area contributed by atoms with Crippen LogP contribution in [-0.2, 0) is 10.8 Å². The van der Waals surface area contributed by atoms with Crippen molar-refractivity contribution in [2.45, 2.75) is 38.5 Å². The van der Waals surface area contributed by atoms with Crippen molar-refractivity contribution in [1.29, 1.82) is 0 Å². The molecule has 0 atom stereocenters. The molecule has 2 aliphatic carbocycles.